The molecule has 6 nitrogen and oxygen atoms in total. The summed E-state index contributed by atoms with van der Waals surface area (Å²) in [5.74, 6) is -2.01. The number of amides is 3. The summed E-state index contributed by atoms with van der Waals surface area (Å²) in [6, 6.07) is 10.7. The smallest absolute Gasteiger partial charge is 0.418 e. The van der Waals surface area contributed by atoms with Gasteiger partial charge in [0.25, 0.3) is 0 Å². The van der Waals surface area contributed by atoms with E-state index in [1.165, 1.54) is 17.2 Å². The number of carbonyl (C=O) groups excluding carboxylic acids is 2. The Morgan fingerprint density at radius 1 is 1.06 bits per heavy atom. The van der Waals surface area contributed by atoms with Crippen LogP contribution in [0.3, 0.4) is 0 Å². The quantitative estimate of drug-likeness (QED) is 0.523. The molecule has 1 atom stereocenters. The number of ether oxygens (including phenoxy) is 1. The number of fused-ring (bicyclic) bond motifs is 2. The van der Waals surface area contributed by atoms with E-state index in [9.17, 15) is 18.4 Å². The van der Waals surface area contributed by atoms with Crippen LogP contribution in [0.2, 0.25) is 0 Å². The van der Waals surface area contributed by atoms with Gasteiger partial charge in [-0.1, -0.05) is 48.9 Å². The average molecular weight is 496 g/mol. The van der Waals surface area contributed by atoms with E-state index in [4.69, 9.17) is 4.74 Å². The summed E-state index contributed by atoms with van der Waals surface area (Å²) < 4.78 is 31.9. The Hall–Kier alpha value is -3.26. The van der Waals surface area contributed by atoms with Gasteiger partial charge in [0.05, 0.1) is 0 Å². The molecule has 0 aromatic heterocycles. The minimum atomic E-state index is -1.03. The van der Waals surface area contributed by atoms with Gasteiger partial charge in [0.1, 0.15) is 12.6 Å². The third-order valence-corrected chi connectivity index (χ3v) is 7.68. The molecule has 0 bridgehead atoms. The number of likely N-dealkylation sites (tertiary alicyclic amines) is 1. The summed E-state index contributed by atoms with van der Waals surface area (Å²) in [6.45, 7) is 3.54. The van der Waals surface area contributed by atoms with Crippen LogP contribution < -0.4 is 5.32 Å². The zero-order valence-electron chi connectivity index (χ0n) is 20.2. The van der Waals surface area contributed by atoms with Gasteiger partial charge in [-0.3, -0.25) is 0 Å². The number of carbonyl (C=O) groups is 2. The number of benzene rings is 2. The number of hydrogen-bond acceptors (Lipinski definition) is 4. The number of hydrogen-bond donors (Lipinski definition) is 1. The van der Waals surface area contributed by atoms with Gasteiger partial charge in [0.2, 0.25) is 0 Å². The molecule has 8 heteroatoms. The number of nitrogens with one attached hydrogen (secondary N) is 1. The molecule has 5 rings (SSSR count). The van der Waals surface area contributed by atoms with Crippen LogP contribution in [-0.2, 0) is 10.2 Å². The van der Waals surface area contributed by atoms with E-state index >= 15 is 0 Å². The zero-order valence-corrected chi connectivity index (χ0v) is 20.2. The van der Waals surface area contributed by atoms with Crippen molar-refractivity contribution >= 4 is 18.2 Å². The molecule has 1 N–H and O–H groups in total. The number of halogens is 2. The molecule has 36 heavy (non-hydrogen) atoms. The van der Waals surface area contributed by atoms with Gasteiger partial charge < -0.3 is 15.0 Å². The number of piperidine rings is 1. The van der Waals surface area contributed by atoms with Crippen molar-refractivity contribution in [1.82, 2.24) is 15.1 Å². The molecule has 0 radical (unpaired) electrons. The van der Waals surface area contributed by atoms with Gasteiger partial charge in [-0.2, -0.15) is 0 Å². The molecule has 1 spiro atoms. The summed E-state index contributed by atoms with van der Waals surface area (Å²) >= 11 is 0. The highest BCUT2D eigenvalue weighted by Gasteiger charge is 2.39. The fourth-order valence-corrected chi connectivity index (χ4v) is 5.58. The van der Waals surface area contributed by atoms with Gasteiger partial charge >= 0.3 is 12.1 Å². The van der Waals surface area contributed by atoms with Gasteiger partial charge in [0, 0.05) is 12.0 Å². The van der Waals surface area contributed by atoms with E-state index in [1.807, 2.05) is 0 Å². The van der Waals surface area contributed by atoms with E-state index in [1.54, 1.807) is 0 Å². The van der Waals surface area contributed by atoms with E-state index < -0.39 is 29.8 Å². The second kappa shape index (κ2) is 10.4. The second-order valence-corrected chi connectivity index (χ2v) is 9.85. The molecular weight excluding hydrogens is 464 g/mol. The second-order valence-electron chi connectivity index (χ2n) is 9.85. The molecule has 2 saturated heterocycles. The van der Waals surface area contributed by atoms with Crippen molar-refractivity contribution < 1.29 is 23.1 Å². The van der Waals surface area contributed by atoms with Crippen molar-refractivity contribution in [3.63, 3.8) is 0 Å². The third kappa shape index (κ3) is 4.87. The SMILES string of the molecule is O=C(NCCCCCN1CCC2(C=Cc3ccccc32)CC1)N1C(=O)OCC1c1ccc(F)c(F)c1. The van der Waals surface area contributed by atoms with Crippen molar-refractivity contribution in [2.75, 3.05) is 32.8 Å². The van der Waals surface area contributed by atoms with Crippen molar-refractivity contribution in [1.29, 1.82) is 0 Å². The molecule has 3 aliphatic rings. The van der Waals surface area contributed by atoms with Gasteiger partial charge in [0.15, 0.2) is 11.6 Å². The fraction of sp³-hybridized carbons (Fsp3) is 0.429. The van der Waals surface area contributed by atoms with Crippen molar-refractivity contribution in [2.24, 2.45) is 0 Å². The van der Waals surface area contributed by atoms with Crippen LogP contribution in [0.15, 0.2) is 48.5 Å². The first-order valence-electron chi connectivity index (χ1n) is 12.7. The van der Waals surface area contributed by atoms with Crippen LogP contribution in [0.4, 0.5) is 18.4 Å². The summed E-state index contributed by atoms with van der Waals surface area (Å²) in [5.41, 5.74) is 3.33. The largest absolute Gasteiger partial charge is 0.446 e. The number of cyclic esters (lactones) is 1. The van der Waals surface area contributed by atoms with Gasteiger partial charge in [-0.15, -0.1) is 0 Å². The maximum Gasteiger partial charge on any atom is 0.418 e. The molecule has 2 aromatic rings. The van der Waals surface area contributed by atoms with Crippen LogP contribution >= 0.6 is 0 Å². The number of allylic oxidation sites excluding steroid dienone is 1. The Morgan fingerprint density at radius 2 is 1.86 bits per heavy atom. The fourth-order valence-electron chi connectivity index (χ4n) is 5.58. The average Bonchev–Trinajstić information content (AvgIpc) is 3.45. The normalized spacial score (nSPS) is 20.6. The molecule has 190 valence electrons. The zero-order chi connectivity index (χ0) is 25.1. The Bertz CT molecular complexity index is 1160. The lowest BCUT2D eigenvalue weighted by atomic mass is 9.74. The Balaban J connectivity index is 1.02. The predicted molar refractivity (Wildman–Crippen MR) is 132 cm³/mol. The van der Waals surface area contributed by atoms with E-state index in [-0.39, 0.29) is 12.0 Å². The first-order valence-corrected chi connectivity index (χ1v) is 12.7. The Morgan fingerprint density at radius 3 is 2.67 bits per heavy atom. The topological polar surface area (TPSA) is 61.9 Å². The van der Waals surface area contributed by atoms with Gasteiger partial charge in [-0.05, 0) is 74.1 Å². The van der Waals surface area contributed by atoms with Crippen molar-refractivity contribution in [3.05, 3.63) is 76.9 Å². The Kier molecular flexibility index (Phi) is 7.05. The Labute approximate surface area is 209 Å². The first-order chi connectivity index (χ1) is 17.5. The number of rotatable bonds is 7. The van der Waals surface area contributed by atoms with E-state index in [0.717, 1.165) is 68.8 Å². The summed E-state index contributed by atoms with van der Waals surface area (Å²) in [6.07, 6.45) is 8.94. The van der Waals surface area contributed by atoms with Crippen LogP contribution in [0.25, 0.3) is 6.08 Å². The summed E-state index contributed by atoms with van der Waals surface area (Å²) in [7, 11) is 0. The summed E-state index contributed by atoms with van der Waals surface area (Å²) in [4.78, 5) is 28.2. The van der Waals surface area contributed by atoms with Crippen LogP contribution in [0, 0.1) is 11.6 Å². The molecule has 2 heterocycles. The number of nitrogens with zero attached hydrogens (tertiary/aromatic N) is 2. The van der Waals surface area contributed by atoms with Crippen LogP contribution in [0.5, 0.6) is 0 Å². The molecular formula is C28H31F2N3O3. The van der Waals surface area contributed by atoms with Crippen molar-refractivity contribution in [3.8, 4) is 0 Å². The molecule has 2 fully saturated rings. The number of urea groups is 1. The first kappa shape index (κ1) is 24.4. The molecule has 2 aromatic carbocycles. The molecule has 3 amide bonds. The van der Waals surface area contributed by atoms with Gasteiger partial charge in [-0.25, -0.2) is 23.3 Å². The minimum absolute atomic E-state index is 0.0875. The van der Waals surface area contributed by atoms with Crippen molar-refractivity contribution in [2.45, 2.75) is 43.6 Å². The minimum Gasteiger partial charge on any atom is -0.446 e. The summed E-state index contributed by atoms with van der Waals surface area (Å²) in [5, 5.41) is 2.76. The molecule has 2 aliphatic heterocycles. The van der Waals surface area contributed by atoms with E-state index in [2.05, 4.69) is 46.6 Å². The maximum absolute atomic E-state index is 13.6. The molecule has 0 saturated carbocycles. The predicted octanol–water partition coefficient (Wildman–Crippen LogP) is 5.40. The highest BCUT2D eigenvalue weighted by atomic mass is 19.2. The lowest BCUT2D eigenvalue weighted by Crippen LogP contribution is -2.42. The molecule has 1 aliphatic carbocycles. The highest BCUT2D eigenvalue weighted by molar-refractivity contribution is 5.92. The molecule has 1 unspecified atom stereocenters. The lowest BCUT2D eigenvalue weighted by molar-refractivity contribution is 0.158. The van der Waals surface area contributed by atoms with Crippen LogP contribution in [-0.4, -0.2) is 54.7 Å². The highest BCUT2D eigenvalue weighted by Crippen LogP contribution is 2.43. The standard InChI is InChI=1S/C28H31F2N3O3/c29-23-9-8-21(18-24(23)30)25-19-36-27(35)33(25)26(34)31-14-4-1-5-15-32-16-12-28(13-17-32)11-10-20-6-2-3-7-22(20)28/h2-3,6-11,18,25H,1,4-5,12-17,19H2,(H,31,34). The lowest BCUT2D eigenvalue weighted by Gasteiger charge is -2.39. The number of imide groups is 1. The maximum atomic E-state index is 13.6. The van der Waals surface area contributed by atoms with E-state index in [0.29, 0.717) is 12.1 Å². The number of unbranched alkanes of at least 4 members (excludes halogenated alkanes) is 2. The third-order valence-electron chi connectivity index (χ3n) is 7.68. The monoisotopic (exact) mass is 495 g/mol. The van der Waals surface area contributed by atoms with Crippen LogP contribution in [0.1, 0.15) is 54.8 Å².